The Kier molecular flexibility index (Phi) is 6.67. The van der Waals surface area contributed by atoms with Gasteiger partial charge in [0.05, 0.1) is 13.3 Å². The fourth-order valence-corrected chi connectivity index (χ4v) is 2.01. The molecule has 0 unspecified atom stereocenters. The van der Waals surface area contributed by atoms with Crippen molar-refractivity contribution >= 4 is 18.0 Å². The van der Waals surface area contributed by atoms with Crippen LogP contribution in [0.25, 0.3) is 0 Å². The van der Waals surface area contributed by atoms with Crippen molar-refractivity contribution in [3.63, 3.8) is 0 Å². The summed E-state index contributed by atoms with van der Waals surface area (Å²) in [5.74, 6) is -1.15. The largest absolute Gasteiger partial charge is 0.493 e. The number of methoxy groups -OCH3 is 1. The second-order valence-corrected chi connectivity index (χ2v) is 5.07. The molecule has 0 bridgehead atoms. The van der Waals surface area contributed by atoms with E-state index in [2.05, 4.69) is 15.8 Å². The Morgan fingerprint density at radius 1 is 1.15 bits per heavy atom. The molecule has 2 N–H and O–H groups in total. The van der Waals surface area contributed by atoms with E-state index < -0.39 is 11.8 Å². The lowest BCUT2D eigenvalue weighted by molar-refractivity contribution is -0.138. The van der Waals surface area contributed by atoms with Gasteiger partial charge in [-0.15, -0.1) is 0 Å². The number of para-hydroxylation sites is 1. The van der Waals surface area contributed by atoms with Crippen LogP contribution in [0, 0.1) is 5.82 Å². The lowest BCUT2D eigenvalue weighted by Gasteiger charge is -2.13. The first-order valence-corrected chi connectivity index (χ1v) is 7.64. The number of benzene rings is 2. The number of amides is 2. The zero-order valence-corrected chi connectivity index (χ0v) is 14.3. The average Bonchev–Trinajstić information content (AvgIpc) is 2.67. The molecule has 26 heavy (non-hydrogen) atoms. The summed E-state index contributed by atoms with van der Waals surface area (Å²) in [6, 6.07) is 11.1. The summed E-state index contributed by atoms with van der Waals surface area (Å²) in [5.41, 5.74) is 3.41. The predicted molar refractivity (Wildman–Crippen MR) is 93.5 cm³/mol. The van der Waals surface area contributed by atoms with Gasteiger partial charge in [0, 0.05) is 12.6 Å². The monoisotopic (exact) mass is 359 g/mol. The van der Waals surface area contributed by atoms with E-state index in [0.29, 0.717) is 17.1 Å². The lowest BCUT2D eigenvalue weighted by atomic mass is 10.2. The van der Waals surface area contributed by atoms with Crippen LogP contribution < -0.4 is 20.2 Å². The van der Waals surface area contributed by atoms with E-state index >= 15 is 0 Å². The van der Waals surface area contributed by atoms with Crippen molar-refractivity contribution in [3.8, 4) is 11.5 Å². The maximum Gasteiger partial charge on any atom is 0.329 e. The standard InChI is InChI=1S/C18H18FN3O4/c1-20-17(23)18(24)22-21-10-13-4-3-5-15(25-2)16(13)26-11-12-6-8-14(19)9-7-12/h3-10H,11H2,1-2H3,(H,20,23)(H,22,24)/b21-10-. The highest BCUT2D eigenvalue weighted by atomic mass is 19.1. The van der Waals surface area contributed by atoms with Crippen molar-refractivity contribution in [1.82, 2.24) is 10.7 Å². The maximum absolute atomic E-state index is 13.0. The molecule has 0 aliphatic rings. The number of carbonyl (C=O) groups excluding carboxylic acids is 2. The van der Waals surface area contributed by atoms with Gasteiger partial charge in [-0.05, 0) is 29.8 Å². The van der Waals surface area contributed by atoms with Crippen molar-refractivity contribution in [2.45, 2.75) is 6.61 Å². The first kappa shape index (κ1) is 18.9. The molecule has 8 heteroatoms. The normalized spacial score (nSPS) is 10.4. The highest BCUT2D eigenvalue weighted by molar-refractivity contribution is 6.35. The first-order valence-electron chi connectivity index (χ1n) is 7.64. The molecule has 0 saturated heterocycles. The van der Waals surface area contributed by atoms with Crippen LogP contribution in [0.2, 0.25) is 0 Å². The van der Waals surface area contributed by atoms with Gasteiger partial charge in [-0.25, -0.2) is 9.82 Å². The van der Waals surface area contributed by atoms with E-state index in [1.54, 1.807) is 30.3 Å². The Bertz CT molecular complexity index is 807. The average molecular weight is 359 g/mol. The third kappa shape index (κ3) is 5.04. The van der Waals surface area contributed by atoms with Gasteiger partial charge in [-0.2, -0.15) is 5.10 Å². The second kappa shape index (κ2) is 9.16. The topological polar surface area (TPSA) is 89.0 Å². The molecular weight excluding hydrogens is 341 g/mol. The molecule has 0 saturated carbocycles. The van der Waals surface area contributed by atoms with E-state index in [0.717, 1.165) is 5.56 Å². The number of ether oxygens (including phenoxy) is 2. The third-order valence-electron chi connectivity index (χ3n) is 3.33. The number of nitrogens with one attached hydrogen (secondary N) is 2. The van der Waals surface area contributed by atoms with Crippen LogP contribution in [-0.4, -0.2) is 32.2 Å². The quantitative estimate of drug-likeness (QED) is 0.466. The molecule has 7 nitrogen and oxygen atoms in total. The Hall–Kier alpha value is -3.42. The van der Waals surface area contributed by atoms with Crippen LogP contribution in [0.15, 0.2) is 47.6 Å². The molecule has 0 heterocycles. The minimum atomic E-state index is -0.888. The minimum absolute atomic E-state index is 0.187. The summed E-state index contributed by atoms with van der Waals surface area (Å²) in [6.07, 6.45) is 1.34. The lowest BCUT2D eigenvalue weighted by Crippen LogP contribution is -2.35. The number of nitrogens with zero attached hydrogens (tertiary/aromatic N) is 1. The summed E-state index contributed by atoms with van der Waals surface area (Å²) < 4.78 is 24.0. The third-order valence-corrected chi connectivity index (χ3v) is 3.33. The number of hydrogen-bond acceptors (Lipinski definition) is 5. The molecule has 0 aromatic heterocycles. The van der Waals surface area contributed by atoms with Gasteiger partial charge < -0.3 is 14.8 Å². The first-order chi connectivity index (χ1) is 12.5. The molecule has 136 valence electrons. The van der Waals surface area contributed by atoms with E-state index in [4.69, 9.17) is 9.47 Å². The van der Waals surface area contributed by atoms with Gasteiger partial charge in [0.15, 0.2) is 11.5 Å². The zero-order chi connectivity index (χ0) is 18.9. The van der Waals surface area contributed by atoms with Crippen LogP contribution in [-0.2, 0) is 16.2 Å². The second-order valence-electron chi connectivity index (χ2n) is 5.07. The van der Waals surface area contributed by atoms with E-state index in [1.807, 2.05) is 0 Å². The number of likely N-dealkylation sites (N-methyl/N-ethyl adjacent to an activating group) is 1. The van der Waals surface area contributed by atoms with Gasteiger partial charge in [-0.3, -0.25) is 9.59 Å². The molecule has 2 rings (SSSR count). The van der Waals surface area contributed by atoms with Gasteiger partial charge in [0.25, 0.3) is 0 Å². The molecule has 0 aliphatic heterocycles. The van der Waals surface area contributed by atoms with Crippen LogP contribution in [0.5, 0.6) is 11.5 Å². The predicted octanol–water partition coefficient (Wildman–Crippen LogP) is 1.61. The number of carbonyl (C=O) groups is 2. The molecule has 0 spiro atoms. The number of hydrazone groups is 1. The van der Waals surface area contributed by atoms with Crippen LogP contribution in [0.4, 0.5) is 4.39 Å². The molecular formula is C18H18FN3O4. The highest BCUT2D eigenvalue weighted by Gasteiger charge is 2.11. The number of rotatable bonds is 6. The van der Waals surface area contributed by atoms with Crippen LogP contribution in [0.3, 0.4) is 0 Å². The minimum Gasteiger partial charge on any atom is -0.493 e. The molecule has 2 aromatic rings. The molecule has 0 radical (unpaired) electrons. The number of hydrogen-bond donors (Lipinski definition) is 2. The smallest absolute Gasteiger partial charge is 0.329 e. The van der Waals surface area contributed by atoms with Crippen molar-refractivity contribution in [1.29, 1.82) is 0 Å². The Morgan fingerprint density at radius 3 is 2.54 bits per heavy atom. The van der Waals surface area contributed by atoms with E-state index in [-0.39, 0.29) is 12.4 Å². The molecule has 2 aromatic carbocycles. The summed E-state index contributed by atoms with van der Waals surface area (Å²) in [5, 5.41) is 5.93. The summed E-state index contributed by atoms with van der Waals surface area (Å²) in [6.45, 7) is 0.187. The summed E-state index contributed by atoms with van der Waals surface area (Å²) >= 11 is 0. The maximum atomic E-state index is 13.0. The van der Waals surface area contributed by atoms with Crippen molar-refractivity contribution < 1.29 is 23.5 Å². The van der Waals surface area contributed by atoms with Crippen LogP contribution >= 0.6 is 0 Å². The number of halogens is 1. The van der Waals surface area contributed by atoms with Crippen molar-refractivity contribution in [3.05, 3.63) is 59.4 Å². The van der Waals surface area contributed by atoms with Crippen LogP contribution in [0.1, 0.15) is 11.1 Å². The molecule has 2 amide bonds. The van der Waals surface area contributed by atoms with Gasteiger partial charge in [-0.1, -0.05) is 18.2 Å². The van der Waals surface area contributed by atoms with Crippen molar-refractivity contribution in [2.75, 3.05) is 14.2 Å². The molecule has 0 atom stereocenters. The molecule has 0 aliphatic carbocycles. The fraction of sp³-hybridized carbons (Fsp3) is 0.167. The Labute approximate surface area is 149 Å². The van der Waals surface area contributed by atoms with Crippen molar-refractivity contribution in [2.24, 2.45) is 5.10 Å². The van der Waals surface area contributed by atoms with Gasteiger partial charge in [0.2, 0.25) is 0 Å². The Balaban J connectivity index is 2.14. The zero-order valence-electron chi connectivity index (χ0n) is 14.3. The van der Waals surface area contributed by atoms with E-state index in [9.17, 15) is 14.0 Å². The van der Waals surface area contributed by atoms with E-state index in [1.165, 1.54) is 32.5 Å². The summed E-state index contributed by atoms with van der Waals surface area (Å²) in [7, 11) is 2.84. The van der Waals surface area contributed by atoms with Gasteiger partial charge in [0.1, 0.15) is 12.4 Å². The Morgan fingerprint density at radius 2 is 1.88 bits per heavy atom. The fourth-order valence-electron chi connectivity index (χ4n) is 2.01. The highest BCUT2D eigenvalue weighted by Crippen LogP contribution is 2.30. The van der Waals surface area contributed by atoms with Gasteiger partial charge >= 0.3 is 11.8 Å². The SMILES string of the molecule is CNC(=O)C(=O)N/N=C\c1cccc(OC)c1OCc1ccc(F)cc1. The molecule has 0 fully saturated rings. The summed E-state index contributed by atoms with van der Waals surface area (Å²) in [4.78, 5) is 22.5.